The fourth-order valence-corrected chi connectivity index (χ4v) is 2.20. The van der Waals surface area contributed by atoms with E-state index in [2.05, 4.69) is 28.5 Å². The van der Waals surface area contributed by atoms with Crippen molar-refractivity contribution in [3.63, 3.8) is 0 Å². The lowest BCUT2D eigenvalue weighted by molar-refractivity contribution is 0.104. The van der Waals surface area contributed by atoms with Crippen LogP contribution < -0.4 is 0 Å². The third-order valence-corrected chi connectivity index (χ3v) is 3.51. The molecule has 7 heteroatoms. The van der Waals surface area contributed by atoms with Crippen LogP contribution in [0, 0.1) is 0 Å². The van der Waals surface area contributed by atoms with Gasteiger partial charge in [-0.2, -0.15) is 0 Å². The van der Waals surface area contributed by atoms with E-state index in [1.165, 1.54) is 13.1 Å². The van der Waals surface area contributed by atoms with Crippen molar-refractivity contribution in [1.29, 1.82) is 0 Å². The van der Waals surface area contributed by atoms with E-state index in [1.54, 1.807) is 0 Å². The Labute approximate surface area is 136 Å². The monoisotopic (exact) mass is 337 g/mol. The van der Waals surface area contributed by atoms with Gasteiger partial charge in [0.25, 0.3) is 0 Å². The second kappa shape index (κ2) is 15.1. The Bertz CT molecular complexity index is 178. The summed E-state index contributed by atoms with van der Waals surface area (Å²) in [4.78, 5) is 7.35. The molecule has 1 aliphatic rings. The molecular formula is C12H30Cl3N3O. The first-order valence-electron chi connectivity index (χ1n) is 6.58. The second-order valence-electron chi connectivity index (χ2n) is 4.43. The Morgan fingerprint density at radius 2 is 1.26 bits per heavy atom. The van der Waals surface area contributed by atoms with Crippen LogP contribution in [0.3, 0.4) is 0 Å². The summed E-state index contributed by atoms with van der Waals surface area (Å²) in [5, 5.41) is 8.86. The molecule has 0 aliphatic carbocycles. The molecule has 1 heterocycles. The Morgan fingerprint density at radius 3 is 1.63 bits per heavy atom. The highest BCUT2D eigenvalue weighted by molar-refractivity contribution is 5.86. The average molecular weight is 339 g/mol. The largest absolute Gasteiger partial charge is 0.395 e. The van der Waals surface area contributed by atoms with E-state index < -0.39 is 0 Å². The summed E-state index contributed by atoms with van der Waals surface area (Å²) < 4.78 is 0. The number of halogens is 3. The van der Waals surface area contributed by atoms with Crippen LogP contribution in [-0.4, -0.2) is 85.3 Å². The molecule has 1 saturated heterocycles. The topological polar surface area (TPSA) is 30.0 Å². The van der Waals surface area contributed by atoms with E-state index in [0.29, 0.717) is 6.61 Å². The molecule has 4 nitrogen and oxygen atoms in total. The van der Waals surface area contributed by atoms with E-state index in [1.807, 2.05) is 0 Å². The predicted molar refractivity (Wildman–Crippen MR) is 89.5 cm³/mol. The zero-order valence-electron chi connectivity index (χ0n) is 12.1. The Morgan fingerprint density at radius 1 is 0.842 bits per heavy atom. The zero-order chi connectivity index (χ0) is 11.8. The first-order valence-corrected chi connectivity index (χ1v) is 6.58. The number of hydrogen-bond donors (Lipinski definition) is 1. The van der Waals surface area contributed by atoms with Crippen LogP contribution in [-0.2, 0) is 0 Å². The number of hydrogen-bond acceptors (Lipinski definition) is 4. The molecule has 0 atom stereocenters. The van der Waals surface area contributed by atoms with Gasteiger partial charge in [0.1, 0.15) is 0 Å². The van der Waals surface area contributed by atoms with Gasteiger partial charge in [-0.3, -0.25) is 9.80 Å². The minimum atomic E-state index is 0. The SMILES string of the molecule is CCN(CC)CCN1CCN(CCO)CC1.Cl.Cl.Cl. The van der Waals surface area contributed by atoms with Gasteiger partial charge in [0.2, 0.25) is 0 Å². The molecule has 0 saturated carbocycles. The molecule has 0 aromatic carbocycles. The molecule has 19 heavy (non-hydrogen) atoms. The minimum Gasteiger partial charge on any atom is -0.395 e. The highest BCUT2D eigenvalue weighted by Crippen LogP contribution is 2.01. The molecule has 0 radical (unpaired) electrons. The lowest BCUT2D eigenvalue weighted by Gasteiger charge is -2.35. The second-order valence-corrected chi connectivity index (χ2v) is 4.43. The van der Waals surface area contributed by atoms with Crippen molar-refractivity contribution in [1.82, 2.24) is 14.7 Å². The summed E-state index contributed by atoms with van der Waals surface area (Å²) in [7, 11) is 0. The molecule has 0 aromatic heterocycles. The normalized spacial score (nSPS) is 16.4. The van der Waals surface area contributed by atoms with Crippen LogP contribution in [0.25, 0.3) is 0 Å². The van der Waals surface area contributed by atoms with Crippen LogP contribution in [0.15, 0.2) is 0 Å². The van der Waals surface area contributed by atoms with Gasteiger partial charge < -0.3 is 10.0 Å². The third-order valence-electron chi connectivity index (χ3n) is 3.51. The molecule has 0 spiro atoms. The number of likely N-dealkylation sites (N-methyl/N-ethyl adjacent to an activating group) is 1. The van der Waals surface area contributed by atoms with Gasteiger partial charge in [0, 0.05) is 45.8 Å². The average Bonchev–Trinajstić information content (AvgIpc) is 2.33. The molecule has 120 valence electrons. The highest BCUT2D eigenvalue weighted by Gasteiger charge is 2.16. The first kappa shape index (κ1) is 24.7. The molecule has 1 aliphatic heterocycles. The van der Waals surface area contributed by atoms with Gasteiger partial charge in [-0.25, -0.2) is 0 Å². The van der Waals surface area contributed by atoms with Crippen LogP contribution in [0.4, 0.5) is 0 Å². The van der Waals surface area contributed by atoms with Gasteiger partial charge >= 0.3 is 0 Å². The summed E-state index contributed by atoms with van der Waals surface area (Å²) in [6.45, 7) is 14.8. The van der Waals surface area contributed by atoms with E-state index in [9.17, 15) is 0 Å². The third kappa shape index (κ3) is 10.1. The number of aliphatic hydroxyl groups excluding tert-OH is 1. The van der Waals surface area contributed by atoms with Gasteiger partial charge in [-0.15, -0.1) is 37.2 Å². The maximum Gasteiger partial charge on any atom is 0.0558 e. The molecule has 1 N–H and O–H groups in total. The Hall–Kier alpha value is 0.710. The van der Waals surface area contributed by atoms with Gasteiger partial charge in [-0.1, -0.05) is 13.8 Å². The fraction of sp³-hybridized carbons (Fsp3) is 1.00. The van der Waals surface area contributed by atoms with Crippen molar-refractivity contribution in [2.24, 2.45) is 0 Å². The van der Waals surface area contributed by atoms with E-state index in [4.69, 9.17) is 5.11 Å². The van der Waals surface area contributed by atoms with E-state index in [-0.39, 0.29) is 37.2 Å². The van der Waals surface area contributed by atoms with Crippen molar-refractivity contribution in [2.45, 2.75) is 13.8 Å². The van der Waals surface area contributed by atoms with Crippen molar-refractivity contribution < 1.29 is 5.11 Å². The lowest BCUT2D eigenvalue weighted by Crippen LogP contribution is -2.49. The standard InChI is InChI=1S/C12H27N3O.3ClH/c1-3-13(4-2)5-6-14-7-9-15(10-8-14)11-12-16;;;/h16H,3-12H2,1-2H3;3*1H. The summed E-state index contributed by atoms with van der Waals surface area (Å²) in [5.41, 5.74) is 0. The van der Waals surface area contributed by atoms with Gasteiger partial charge in [0.15, 0.2) is 0 Å². The van der Waals surface area contributed by atoms with Crippen LogP contribution in [0.5, 0.6) is 0 Å². The van der Waals surface area contributed by atoms with Crippen LogP contribution in [0.2, 0.25) is 0 Å². The van der Waals surface area contributed by atoms with Crippen molar-refractivity contribution in [2.75, 3.05) is 65.5 Å². The van der Waals surface area contributed by atoms with E-state index >= 15 is 0 Å². The number of piperazine rings is 1. The van der Waals surface area contributed by atoms with E-state index in [0.717, 1.165) is 45.8 Å². The smallest absolute Gasteiger partial charge is 0.0558 e. The molecule has 1 rings (SSSR count). The van der Waals surface area contributed by atoms with Crippen molar-refractivity contribution >= 4 is 37.2 Å². The van der Waals surface area contributed by atoms with Crippen molar-refractivity contribution in [3.05, 3.63) is 0 Å². The molecule has 0 amide bonds. The summed E-state index contributed by atoms with van der Waals surface area (Å²) in [6, 6.07) is 0. The quantitative estimate of drug-likeness (QED) is 0.755. The summed E-state index contributed by atoms with van der Waals surface area (Å²) in [6.07, 6.45) is 0. The number of β-amino-alcohol motifs (C(OH)–C–C–N with tert-alkyl or cyclic N) is 1. The Balaban J connectivity index is -0.000000853. The first-order chi connectivity index (χ1) is 7.80. The van der Waals surface area contributed by atoms with Crippen LogP contribution in [0.1, 0.15) is 13.8 Å². The fourth-order valence-electron chi connectivity index (χ4n) is 2.20. The minimum absolute atomic E-state index is 0. The van der Waals surface area contributed by atoms with Crippen molar-refractivity contribution in [3.8, 4) is 0 Å². The number of aliphatic hydroxyl groups is 1. The predicted octanol–water partition coefficient (Wildman–Crippen LogP) is 1.20. The maximum absolute atomic E-state index is 8.86. The molecule has 0 aromatic rings. The summed E-state index contributed by atoms with van der Waals surface area (Å²) in [5.74, 6) is 0. The van der Waals surface area contributed by atoms with Crippen LogP contribution >= 0.6 is 37.2 Å². The number of rotatable bonds is 7. The number of nitrogens with zero attached hydrogens (tertiary/aromatic N) is 3. The molecule has 0 bridgehead atoms. The maximum atomic E-state index is 8.86. The summed E-state index contributed by atoms with van der Waals surface area (Å²) >= 11 is 0. The van der Waals surface area contributed by atoms with Gasteiger partial charge in [-0.05, 0) is 13.1 Å². The zero-order valence-corrected chi connectivity index (χ0v) is 14.5. The Kier molecular flexibility index (Phi) is 19.6. The lowest BCUT2D eigenvalue weighted by atomic mass is 10.3. The molecule has 1 fully saturated rings. The van der Waals surface area contributed by atoms with Gasteiger partial charge in [0.05, 0.1) is 6.61 Å². The molecule has 0 unspecified atom stereocenters. The molecular weight excluding hydrogens is 309 g/mol. The highest BCUT2D eigenvalue weighted by atomic mass is 35.5.